The highest BCUT2D eigenvalue weighted by molar-refractivity contribution is 6.67. The van der Waals surface area contributed by atoms with Crippen molar-refractivity contribution in [2.75, 3.05) is 10.6 Å². The van der Waals surface area contributed by atoms with E-state index in [0.717, 1.165) is 30.5 Å². The summed E-state index contributed by atoms with van der Waals surface area (Å²) in [5, 5.41) is 13.4. The quantitative estimate of drug-likeness (QED) is 0.186. The lowest BCUT2D eigenvalue weighted by Crippen LogP contribution is -2.47. The Hall–Kier alpha value is -5.33. The molecule has 13 heteroatoms. The number of hydrogen-bond donors (Lipinski definition) is 3. The van der Waals surface area contributed by atoms with Gasteiger partial charge in [-0.25, -0.2) is 14.4 Å². The van der Waals surface area contributed by atoms with E-state index in [1.165, 1.54) is 4.68 Å². The maximum absolute atomic E-state index is 15.9. The number of nitrogens with zero attached hydrogens (tertiary/aromatic N) is 5. The minimum atomic E-state index is -0.921. The van der Waals surface area contributed by atoms with E-state index in [-0.39, 0.29) is 29.7 Å². The van der Waals surface area contributed by atoms with Crippen molar-refractivity contribution >= 4 is 58.3 Å². The third-order valence-electron chi connectivity index (χ3n) is 7.96. The molecule has 5 heterocycles. The van der Waals surface area contributed by atoms with Crippen LogP contribution in [0.4, 0.5) is 15.9 Å². The van der Waals surface area contributed by atoms with Gasteiger partial charge in [0.25, 0.3) is 5.91 Å². The second kappa shape index (κ2) is 11.4. The average molecular weight is 589 g/mol. The first-order valence-electron chi connectivity index (χ1n) is 14.4. The number of benzene rings is 2. The van der Waals surface area contributed by atoms with Crippen molar-refractivity contribution in [1.82, 2.24) is 29.6 Å². The normalized spacial score (nSPS) is 16.8. The zero-order chi connectivity index (χ0) is 30.2. The van der Waals surface area contributed by atoms with Crippen LogP contribution in [0.25, 0.3) is 10.9 Å². The molecule has 2 aliphatic heterocycles. The third-order valence-corrected chi connectivity index (χ3v) is 7.96. The number of anilines is 2. The number of nitrogens with one attached hydrogen (secondary N) is 3. The minimum Gasteiger partial charge on any atom is -0.374 e. The Morgan fingerprint density at radius 3 is 2.73 bits per heavy atom. The van der Waals surface area contributed by atoms with Gasteiger partial charge in [0.2, 0.25) is 11.8 Å². The molecule has 1 fully saturated rings. The number of amides is 3. The molecule has 3 N–H and O–H groups in total. The van der Waals surface area contributed by atoms with Crippen molar-refractivity contribution in [3.8, 4) is 0 Å². The summed E-state index contributed by atoms with van der Waals surface area (Å²) < 4.78 is 19.4. The number of piperidine rings is 1. The average Bonchev–Trinajstić information content (AvgIpc) is 3.76. The number of imidazole rings is 1. The molecule has 0 saturated carbocycles. The van der Waals surface area contributed by atoms with Gasteiger partial charge in [-0.2, -0.15) is 5.10 Å². The van der Waals surface area contributed by atoms with Crippen LogP contribution in [0.3, 0.4) is 0 Å². The molecule has 1 radical (unpaired) electrons. The van der Waals surface area contributed by atoms with Crippen LogP contribution in [0.15, 0.2) is 73.3 Å². The first kappa shape index (κ1) is 27.5. The molecule has 5 aromatic rings. The molecule has 7 rings (SSSR count). The van der Waals surface area contributed by atoms with E-state index in [1.807, 2.05) is 16.7 Å². The molecule has 0 aliphatic carbocycles. The van der Waals surface area contributed by atoms with Gasteiger partial charge in [0.15, 0.2) is 13.3 Å². The van der Waals surface area contributed by atoms with Crippen molar-refractivity contribution in [3.05, 3.63) is 90.5 Å². The summed E-state index contributed by atoms with van der Waals surface area (Å²) in [5.74, 6) is -1.10. The lowest BCUT2D eigenvalue weighted by Gasteiger charge is -2.22. The molecular weight excluding hydrogens is 562 g/mol. The molecule has 0 bridgehead atoms. The van der Waals surface area contributed by atoms with E-state index >= 15 is 4.39 Å². The highest BCUT2D eigenvalue weighted by Gasteiger charge is 2.32. The number of pyridine rings is 1. The standard InChI is InChI=1S/C31H27BFN8O3/c33-26-21(32-19-7-9-20(10-8-19)36-22-12-13-25(42)38-30(22)43)11-6-18-16-41(39-27(18)26)29(28-23-4-3-15-40(23)17-35-28)31(44)37-24-5-1-2-14-34-24/h1-2,5-11,14,16-17,22,29,36H,3-4,12-13,15H2,(H,34,37,44)(H,38,42,43). The van der Waals surface area contributed by atoms with Crippen LogP contribution in [-0.2, 0) is 27.3 Å². The van der Waals surface area contributed by atoms with Crippen LogP contribution in [0, 0.1) is 5.82 Å². The largest absolute Gasteiger partial charge is 0.374 e. The Morgan fingerprint density at radius 2 is 1.93 bits per heavy atom. The van der Waals surface area contributed by atoms with E-state index in [0.29, 0.717) is 34.5 Å². The van der Waals surface area contributed by atoms with E-state index < -0.39 is 17.9 Å². The number of hydrogen-bond acceptors (Lipinski definition) is 7. The molecule has 1 saturated heterocycles. The van der Waals surface area contributed by atoms with Crippen LogP contribution in [0.5, 0.6) is 0 Å². The van der Waals surface area contributed by atoms with Gasteiger partial charge in [0, 0.05) is 42.1 Å². The summed E-state index contributed by atoms with van der Waals surface area (Å²) in [5.41, 5.74) is 3.50. The summed E-state index contributed by atoms with van der Waals surface area (Å²) in [4.78, 5) is 45.9. The van der Waals surface area contributed by atoms with E-state index in [2.05, 4.69) is 31.0 Å². The molecule has 0 spiro atoms. The smallest absolute Gasteiger partial charge is 0.256 e. The zero-order valence-corrected chi connectivity index (χ0v) is 23.5. The molecule has 11 nitrogen and oxygen atoms in total. The molecule has 2 aliphatic rings. The molecule has 3 amide bonds. The number of carbonyl (C=O) groups excluding carboxylic acids is 3. The Kier molecular flexibility index (Phi) is 7.13. The fraction of sp³-hybridized carbons (Fsp3) is 0.226. The summed E-state index contributed by atoms with van der Waals surface area (Å²) in [6, 6.07) is 14.5. The van der Waals surface area contributed by atoms with Crippen molar-refractivity contribution in [2.24, 2.45) is 0 Å². The van der Waals surface area contributed by atoms with Gasteiger partial charge in [-0.1, -0.05) is 35.8 Å². The van der Waals surface area contributed by atoms with E-state index in [1.54, 1.807) is 68.5 Å². The Bertz CT molecular complexity index is 1890. The van der Waals surface area contributed by atoms with Crippen molar-refractivity contribution in [2.45, 2.75) is 44.3 Å². The minimum absolute atomic E-state index is 0.140. The third kappa shape index (κ3) is 5.32. The lowest BCUT2D eigenvalue weighted by molar-refractivity contribution is -0.133. The molecular formula is C31H27BFN8O3. The summed E-state index contributed by atoms with van der Waals surface area (Å²) in [7, 11) is 1.71. The SMILES string of the molecule is O=C1CCC(Nc2ccc([B]c3ccc4cn(C(C(=O)Nc5ccccn5)c5ncn6c5CCC6)nc4c3F)cc2)C(=O)N1. The van der Waals surface area contributed by atoms with Crippen LogP contribution >= 0.6 is 0 Å². The van der Waals surface area contributed by atoms with Gasteiger partial charge in [0.05, 0.1) is 12.0 Å². The van der Waals surface area contributed by atoms with Gasteiger partial charge >= 0.3 is 0 Å². The summed E-state index contributed by atoms with van der Waals surface area (Å²) >= 11 is 0. The zero-order valence-electron chi connectivity index (χ0n) is 23.5. The number of carbonyl (C=O) groups is 3. The number of imide groups is 1. The predicted molar refractivity (Wildman–Crippen MR) is 163 cm³/mol. The summed E-state index contributed by atoms with van der Waals surface area (Å²) in [6.45, 7) is 0.833. The van der Waals surface area contributed by atoms with E-state index in [9.17, 15) is 14.4 Å². The molecule has 219 valence electrons. The second-order valence-corrected chi connectivity index (χ2v) is 10.9. The van der Waals surface area contributed by atoms with Crippen LogP contribution in [0.1, 0.15) is 36.7 Å². The first-order chi connectivity index (χ1) is 21.4. The van der Waals surface area contributed by atoms with Crippen LogP contribution < -0.4 is 26.9 Å². The molecule has 2 unspecified atom stereocenters. The molecule has 2 atom stereocenters. The number of fused-ring (bicyclic) bond motifs is 2. The lowest BCUT2D eigenvalue weighted by atomic mass is 9.63. The fourth-order valence-electron chi connectivity index (χ4n) is 5.75. The highest BCUT2D eigenvalue weighted by atomic mass is 19.1. The van der Waals surface area contributed by atoms with Crippen LogP contribution in [0.2, 0.25) is 0 Å². The summed E-state index contributed by atoms with van der Waals surface area (Å²) in [6.07, 6.45) is 7.46. The monoisotopic (exact) mass is 589 g/mol. The Labute approximate surface area is 252 Å². The van der Waals surface area contributed by atoms with Gasteiger partial charge in [-0.3, -0.25) is 24.4 Å². The predicted octanol–water partition coefficient (Wildman–Crippen LogP) is 1.81. The first-order valence-corrected chi connectivity index (χ1v) is 14.4. The van der Waals surface area contributed by atoms with Crippen molar-refractivity contribution < 1.29 is 18.8 Å². The van der Waals surface area contributed by atoms with Gasteiger partial charge in [-0.15, -0.1) is 0 Å². The molecule has 3 aromatic heterocycles. The maximum Gasteiger partial charge on any atom is 0.256 e. The van der Waals surface area contributed by atoms with Gasteiger partial charge in [0.1, 0.15) is 23.2 Å². The number of rotatable bonds is 8. The van der Waals surface area contributed by atoms with Crippen molar-refractivity contribution in [3.63, 3.8) is 0 Å². The molecule has 44 heavy (non-hydrogen) atoms. The Morgan fingerprint density at radius 1 is 1.07 bits per heavy atom. The maximum atomic E-state index is 15.9. The number of aryl methyl sites for hydroxylation is 1. The molecule has 2 aromatic carbocycles. The number of aromatic nitrogens is 5. The van der Waals surface area contributed by atoms with Gasteiger partial charge < -0.3 is 15.2 Å². The second-order valence-electron chi connectivity index (χ2n) is 10.9. The van der Waals surface area contributed by atoms with Crippen molar-refractivity contribution in [1.29, 1.82) is 0 Å². The highest BCUT2D eigenvalue weighted by Crippen LogP contribution is 2.28. The Balaban J connectivity index is 1.14. The van der Waals surface area contributed by atoms with Crippen LogP contribution in [-0.4, -0.2) is 55.4 Å². The van der Waals surface area contributed by atoms with Gasteiger partial charge in [-0.05, 0) is 49.0 Å². The topological polar surface area (TPSA) is 136 Å². The number of halogens is 1. The fourth-order valence-corrected chi connectivity index (χ4v) is 5.75. The van der Waals surface area contributed by atoms with E-state index in [4.69, 9.17) is 0 Å².